The standard InChI is InChI=1S/C20H15FN2OS/c21-15-5-1-13(2-6-15)12-22-16-7-3-14(4-8-16)20-23-18-10-9-17(24)11-19(18)25-20/h1-11,22,24H,12H2. The van der Waals surface area contributed by atoms with Crippen LogP contribution in [0.3, 0.4) is 0 Å². The highest BCUT2D eigenvalue weighted by molar-refractivity contribution is 7.21. The molecule has 3 nitrogen and oxygen atoms in total. The molecule has 4 aromatic rings. The zero-order valence-electron chi connectivity index (χ0n) is 13.2. The predicted molar refractivity (Wildman–Crippen MR) is 100 cm³/mol. The number of nitrogens with one attached hydrogen (secondary N) is 1. The summed E-state index contributed by atoms with van der Waals surface area (Å²) in [6.45, 7) is 0.639. The van der Waals surface area contributed by atoms with E-state index in [-0.39, 0.29) is 11.6 Å². The predicted octanol–water partition coefficient (Wildman–Crippen LogP) is 5.42. The molecule has 25 heavy (non-hydrogen) atoms. The van der Waals surface area contributed by atoms with Crippen molar-refractivity contribution in [2.24, 2.45) is 0 Å². The normalized spacial score (nSPS) is 10.9. The molecule has 0 aliphatic carbocycles. The lowest BCUT2D eigenvalue weighted by Gasteiger charge is -2.07. The number of halogens is 1. The number of nitrogens with zero attached hydrogens (tertiary/aromatic N) is 1. The fourth-order valence-corrected chi connectivity index (χ4v) is 3.58. The van der Waals surface area contributed by atoms with Crippen LogP contribution in [0.15, 0.2) is 66.7 Å². The summed E-state index contributed by atoms with van der Waals surface area (Å²) in [6.07, 6.45) is 0. The summed E-state index contributed by atoms with van der Waals surface area (Å²) in [5, 5.41) is 13.8. The van der Waals surface area contributed by atoms with Crippen LogP contribution in [-0.2, 0) is 6.54 Å². The smallest absolute Gasteiger partial charge is 0.124 e. The van der Waals surface area contributed by atoms with E-state index in [1.54, 1.807) is 35.6 Å². The van der Waals surface area contributed by atoms with Crippen molar-refractivity contribution in [3.05, 3.63) is 78.1 Å². The summed E-state index contributed by atoms with van der Waals surface area (Å²) < 4.78 is 13.9. The van der Waals surface area contributed by atoms with Gasteiger partial charge in [-0.2, -0.15) is 0 Å². The maximum atomic E-state index is 12.9. The van der Waals surface area contributed by atoms with Crippen LogP contribution in [0, 0.1) is 5.82 Å². The Labute approximate surface area is 148 Å². The molecule has 0 fully saturated rings. The second-order valence-electron chi connectivity index (χ2n) is 5.73. The summed E-state index contributed by atoms with van der Waals surface area (Å²) in [5.41, 5.74) is 3.94. The second-order valence-corrected chi connectivity index (χ2v) is 6.76. The van der Waals surface area contributed by atoms with Gasteiger partial charge in [0.25, 0.3) is 0 Å². The largest absolute Gasteiger partial charge is 0.508 e. The van der Waals surface area contributed by atoms with Crippen LogP contribution in [0.1, 0.15) is 5.56 Å². The van der Waals surface area contributed by atoms with E-state index in [4.69, 9.17) is 0 Å². The van der Waals surface area contributed by atoms with Crippen molar-refractivity contribution >= 4 is 27.2 Å². The number of aromatic hydroxyl groups is 1. The van der Waals surface area contributed by atoms with E-state index in [1.165, 1.54) is 12.1 Å². The van der Waals surface area contributed by atoms with Gasteiger partial charge in [-0.15, -0.1) is 11.3 Å². The third-order valence-corrected chi connectivity index (χ3v) is 4.98. The van der Waals surface area contributed by atoms with Gasteiger partial charge in [-0.3, -0.25) is 0 Å². The maximum Gasteiger partial charge on any atom is 0.124 e. The highest BCUT2D eigenvalue weighted by atomic mass is 32.1. The average Bonchev–Trinajstić information content (AvgIpc) is 3.05. The first kappa shape index (κ1) is 15.6. The molecule has 0 amide bonds. The van der Waals surface area contributed by atoms with E-state index in [0.717, 1.165) is 32.0 Å². The molecule has 0 spiro atoms. The van der Waals surface area contributed by atoms with Crippen molar-refractivity contribution in [3.8, 4) is 16.3 Å². The number of thiazole rings is 1. The van der Waals surface area contributed by atoms with Gasteiger partial charge in [0.2, 0.25) is 0 Å². The Hall–Kier alpha value is -2.92. The van der Waals surface area contributed by atoms with Crippen molar-refractivity contribution in [2.75, 3.05) is 5.32 Å². The van der Waals surface area contributed by atoms with Crippen molar-refractivity contribution in [1.29, 1.82) is 0 Å². The number of phenols is 1. The van der Waals surface area contributed by atoms with Crippen LogP contribution >= 0.6 is 11.3 Å². The summed E-state index contributed by atoms with van der Waals surface area (Å²) in [7, 11) is 0. The van der Waals surface area contributed by atoms with E-state index in [2.05, 4.69) is 10.3 Å². The fourth-order valence-electron chi connectivity index (χ4n) is 2.57. The number of fused-ring (bicyclic) bond motifs is 1. The SMILES string of the molecule is Oc1ccc2nc(-c3ccc(NCc4ccc(F)cc4)cc3)sc2c1. The van der Waals surface area contributed by atoms with Gasteiger partial charge in [0, 0.05) is 17.8 Å². The molecule has 0 saturated carbocycles. The quantitative estimate of drug-likeness (QED) is 0.516. The summed E-state index contributed by atoms with van der Waals surface area (Å²) in [6, 6.07) is 19.7. The molecular weight excluding hydrogens is 335 g/mol. The van der Waals surface area contributed by atoms with Crippen molar-refractivity contribution in [1.82, 2.24) is 4.98 Å². The van der Waals surface area contributed by atoms with E-state index < -0.39 is 0 Å². The number of hydrogen-bond acceptors (Lipinski definition) is 4. The lowest BCUT2D eigenvalue weighted by Crippen LogP contribution is -1.99. The van der Waals surface area contributed by atoms with E-state index in [9.17, 15) is 9.50 Å². The summed E-state index contributed by atoms with van der Waals surface area (Å²) >= 11 is 1.55. The summed E-state index contributed by atoms with van der Waals surface area (Å²) in [4.78, 5) is 4.61. The van der Waals surface area contributed by atoms with Gasteiger partial charge in [0.05, 0.1) is 10.2 Å². The number of aromatic nitrogens is 1. The minimum atomic E-state index is -0.225. The van der Waals surface area contributed by atoms with Crippen LogP contribution in [-0.4, -0.2) is 10.1 Å². The van der Waals surface area contributed by atoms with Gasteiger partial charge in [-0.25, -0.2) is 9.37 Å². The lowest BCUT2D eigenvalue weighted by molar-refractivity contribution is 0.476. The molecular formula is C20H15FN2OS. The van der Waals surface area contributed by atoms with Gasteiger partial charge in [0.1, 0.15) is 16.6 Å². The van der Waals surface area contributed by atoms with Crippen LogP contribution in [0.2, 0.25) is 0 Å². The number of rotatable bonds is 4. The van der Waals surface area contributed by atoms with E-state index in [1.807, 2.05) is 30.3 Å². The Bertz CT molecular complexity index is 1010. The van der Waals surface area contributed by atoms with Gasteiger partial charge >= 0.3 is 0 Å². The molecule has 4 rings (SSSR count). The molecule has 0 radical (unpaired) electrons. The molecule has 5 heteroatoms. The molecule has 1 heterocycles. The number of anilines is 1. The molecule has 0 bridgehead atoms. The highest BCUT2D eigenvalue weighted by Gasteiger charge is 2.07. The first-order valence-corrected chi connectivity index (χ1v) is 8.67. The van der Waals surface area contributed by atoms with Gasteiger partial charge in [-0.05, 0) is 60.2 Å². The van der Waals surface area contributed by atoms with E-state index in [0.29, 0.717) is 6.54 Å². The molecule has 0 saturated heterocycles. The Balaban J connectivity index is 1.49. The molecule has 0 atom stereocenters. The first-order valence-electron chi connectivity index (χ1n) is 7.86. The topological polar surface area (TPSA) is 45.2 Å². The van der Waals surface area contributed by atoms with Crippen LogP contribution in [0.25, 0.3) is 20.8 Å². The highest BCUT2D eigenvalue weighted by Crippen LogP contribution is 2.32. The second kappa shape index (κ2) is 6.53. The van der Waals surface area contributed by atoms with Gasteiger partial charge in [0.15, 0.2) is 0 Å². The first-order chi connectivity index (χ1) is 12.2. The Morgan fingerprint density at radius 2 is 1.72 bits per heavy atom. The molecule has 1 aromatic heterocycles. The maximum absolute atomic E-state index is 12.9. The number of benzene rings is 3. The molecule has 0 aliphatic rings. The third-order valence-electron chi connectivity index (χ3n) is 3.91. The Morgan fingerprint density at radius 1 is 0.960 bits per heavy atom. The van der Waals surface area contributed by atoms with Crippen molar-refractivity contribution in [2.45, 2.75) is 6.54 Å². The third kappa shape index (κ3) is 3.46. The summed E-state index contributed by atoms with van der Waals surface area (Å²) in [5.74, 6) is 0.0281. The lowest BCUT2D eigenvalue weighted by atomic mass is 10.2. The molecule has 0 unspecified atom stereocenters. The number of hydrogen-bond donors (Lipinski definition) is 2. The van der Waals surface area contributed by atoms with Gasteiger partial charge < -0.3 is 10.4 Å². The Kier molecular flexibility index (Phi) is 4.07. The molecule has 3 aromatic carbocycles. The monoisotopic (exact) mass is 350 g/mol. The molecule has 124 valence electrons. The number of phenolic OH excluding ortho intramolecular Hbond substituents is 1. The zero-order chi connectivity index (χ0) is 17.2. The van der Waals surface area contributed by atoms with E-state index >= 15 is 0 Å². The zero-order valence-corrected chi connectivity index (χ0v) is 14.1. The Morgan fingerprint density at radius 3 is 2.48 bits per heavy atom. The van der Waals surface area contributed by atoms with Gasteiger partial charge in [-0.1, -0.05) is 12.1 Å². The van der Waals surface area contributed by atoms with Crippen molar-refractivity contribution < 1.29 is 9.50 Å². The minimum Gasteiger partial charge on any atom is -0.508 e. The minimum absolute atomic E-state index is 0.225. The molecule has 2 N–H and O–H groups in total. The van der Waals surface area contributed by atoms with Crippen molar-refractivity contribution in [3.63, 3.8) is 0 Å². The van der Waals surface area contributed by atoms with Crippen LogP contribution in [0.5, 0.6) is 5.75 Å². The molecule has 0 aliphatic heterocycles. The van der Waals surface area contributed by atoms with Crippen LogP contribution in [0.4, 0.5) is 10.1 Å². The van der Waals surface area contributed by atoms with Crippen LogP contribution < -0.4 is 5.32 Å². The average molecular weight is 350 g/mol. The fraction of sp³-hybridized carbons (Fsp3) is 0.0500.